The monoisotopic (exact) mass is 395 g/mol. The standard InChI is InChI=1S/C17H13Cl2NO4.C2H6/c1-24-10-4-2-9(3-5-10)13(21)8-17(23)14-11(18)6-7-12(19)15(14)20-16(17)22;1-2/h2-7,23H,8H2,1H3,(H,20,22);1-2H3. The number of hydrogen-bond acceptors (Lipinski definition) is 4. The van der Waals surface area contributed by atoms with Gasteiger partial charge in [-0.2, -0.15) is 0 Å². The van der Waals surface area contributed by atoms with Gasteiger partial charge in [0.2, 0.25) is 0 Å². The lowest BCUT2D eigenvalue weighted by atomic mass is 9.88. The number of ether oxygens (including phenoxy) is 1. The molecule has 0 saturated heterocycles. The molecule has 26 heavy (non-hydrogen) atoms. The van der Waals surface area contributed by atoms with Gasteiger partial charge in [0.25, 0.3) is 5.91 Å². The maximum Gasteiger partial charge on any atom is 0.261 e. The lowest BCUT2D eigenvalue weighted by Crippen LogP contribution is -2.36. The van der Waals surface area contributed by atoms with Gasteiger partial charge in [0.05, 0.1) is 24.2 Å². The first-order valence-electron chi connectivity index (χ1n) is 8.06. The van der Waals surface area contributed by atoms with Crippen LogP contribution in [-0.4, -0.2) is 23.9 Å². The van der Waals surface area contributed by atoms with Crippen LogP contribution in [0.1, 0.15) is 36.2 Å². The Bertz CT molecular complexity index is 836. The van der Waals surface area contributed by atoms with E-state index in [0.29, 0.717) is 11.3 Å². The summed E-state index contributed by atoms with van der Waals surface area (Å²) in [5.41, 5.74) is -1.35. The molecule has 0 aromatic heterocycles. The van der Waals surface area contributed by atoms with Crippen LogP contribution >= 0.6 is 23.2 Å². The number of nitrogens with one attached hydrogen (secondary N) is 1. The number of amides is 1. The molecule has 138 valence electrons. The minimum absolute atomic E-state index is 0.128. The van der Waals surface area contributed by atoms with Crippen LogP contribution in [-0.2, 0) is 10.4 Å². The number of anilines is 1. The Morgan fingerprint density at radius 3 is 2.27 bits per heavy atom. The van der Waals surface area contributed by atoms with Crippen molar-refractivity contribution in [3.8, 4) is 5.75 Å². The Labute approximate surface area is 161 Å². The molecule has 0 aliphatic carbocycles. The van der Waals surface area contributed by atoms with Gasteiger partial charge in [0.15, 0.2) is 11.4 Å². The lowest BCUT2D eigenvalue weighted by Gasteiger charge is -2.21. The second kappa shape index (κ2) is 8.08. The topological polar surface area (TPSA) is 75.6 Å². The number of aliphatic hydroxyl groups is 1. The van der Waals surface area contributed by atoms with Gasteiger partial charge in [-0.1, -0.05) is 37.0 Å². The smallest absolute Gasteiger partial charge is 0.261 e. The first-order valence-corrected chi connectivity index (χ1v) is 8.82. The van der Waals surface area contributed by atoms with Crippen molar-refractivity contribution in [2.24, 2.45) is 0 Å². The number of methoxy groups -OCH3 is 1. The molecule has 1 amide bonds. The molecule has 1 unspecified atom stereocenters. The molecule has 0 bridgehead atoms. The van der Waals surface area contributed by atoms with Crippen molar-refractivity contribution >= 4 is 40.6 Å². The molecule has 3 rings (SSSR count). The first-order chi connectivity index (χ1) is 12.4. The Kier molecular flexibility index (Phi) is 6.29. The SMILES string of the molecule is CC.COc1ccc(C(=O)CC2(O)C(=O)Nc3c(Cl)ccc(Cl)c32)cc1. The van der Waals surface area contributed by atoms with Crippen molar-refractivity contribution in [1.29, 1.82) is 0 Å². The highest BCUT2D eigenvalue weighted by Gasteiger charge is 2.49. The molecule has 0 saturated carbocycles. The Morgan fingerprint density at radius 2 is 1.69 bits per heavy atom. The minimum Gasteiger partial charge on any atom is -0.497 e. The van der Waals surface area contributed by atoms with E-state index in [0.717, 1.165) is 0 Å². The van der Waals surface area contributed by atoms with Gasteiger partial charge < -0.3 is 15.2 Å². The highest BCUT2D eigenvalue weighted by Crippen LogP contribution is 2.46. The van der Waals surface area contributed by atoms with E-state index in [1.165, 1.54) is 19.2 Å². The van der Waals surface area contributed by atoms with Gasteiger partial charge in [-0.3, -0.25) is 9.59 Å². The molecule has 1 heterocycles. The fraction of sp³-hybridized carbons (Fsp3) is 0.263. The van der Waals surface area contributed by atoms with Crippen LogP contribution in [0.4, 0.5) is 5.69 Å². The summed E-state index contributed by atoms with van der Waals surface area (Å²) in [6.07, 6.45) is -0.446. The highest BCUT2D eigenvalue weighted by molar-refractivity contribution is 6.38. The largest absolute Gasteiger partial charge is 0.497 e. The van der Waals surface area contributed by atoms with Gasteiger partial charge in [0, 0.05) is 16.1 Å². The zero-order valence-electron chi connectivity index (χ0n) is 14.6. The Morgan fingerprint density at radius 1 is 1.12 bits per heavy atom. The summed E-state index contributed by atoms with van der Waals surface area (Å²) in [6.45, 7) is 4.00. The third-order valence-corrected chi connectivity index (χ3v) is 4.59. The fourth-order valence-electron chi connectivity index (χ4n) is 2.69. The molecule has 1 aliphatic rings. The van der Waals surface area contributed by atoms with Crippen LogP contribution in [0.15, 0.2) is 36.4 Å². The van der Waals surface area contributed by atoms with Crippen LogP contribution in [0.3, 0.4) is 0 Å². The van der Waals surface area contributed by atoms with E-state index in [2.05, 4.69) is 5.32 Å². The van der Waals surface area contributed by atoms with E-state index < -0.39 is 23.7 Å². The third kappa shape index (κ3) is 3.56. The molecular weight excluding hydrogens is 377 g/mol. The van der Waals surface area contributed by atoms with Crippen molar-refractivity contribution in [2.45, 2.75) is 25.9 Å². The predicted octanol–water partition coefficient (Wildman–Crippen LogP) is 4.44. The summed E-state index contributed by atoms with van der Waals surface area (Å²) >= 11 is 12.2. The van der Waals surface area contributed by atoms with Crippen molar-refractivity contribution in [2.75, 3.05) is 12.4 Å². The molecule has 1 aliphatic heterocycles. The number of benzene rings is 2. The van der Waals surface area contributed by atoms with Gasteiger partial charge in [-0.05, 0) is 36.4 Å². The Balaban J connectivity index is 0.00000117. The summed E-state index contributed by atoms with van der Waals surface area (Å²) in [7, 11) is 1.52. The molecule has 1 atom stereocenters. The second-order valence-electron chi connectivity index (χ2n) is 5.42. The number of Topliss-reactive ketones (excluding diaryl/α,β-unsaturated/α-hetero) is 1. The fourth-order valence-corrected chi connectivity index (χ4v) is 3.21. The molecular formula is C19H19Cl2NO4. The number of ketones is 1. The maximum atomic E-state index is 12.5. The number of carbonyl (C=O) groups is 2. The van der Waals surface area contributed by atoms with Crippen molar-refractivity contribution in [3.05, 3.63) is 57.6 Å². The number of hydrogen-bond donors (Lipinski definition) is 2. The number of halogens is 2. The summed E-state index contributed by atoms with van der Waals surface area (Å²) in [6, 6.07) is 9.38. The summed E-state index contributed by atoms with van der Waals surface area (Å²) in [5, 5.41) is 13.8. The quantitative estimate of drug-likeness (QED) is 0.750. The van der Waals surface area contributed by atoms with Crippen molar-refractivity contribution < 1.29 is 19.4 Å². The average Bonchev–Trinajstić information content (AvgIpc) is 2.92. The highest BCUT2D eigenvalue weighted by atomic mass is 35.5. The first kappa shape index (κ1) is 20.2. The van der Waals surface area contributed by atoms with Gasteiger partial charge in [-0.25, -0.2) is 0 Å². The van der Waals surface area contributed by atoms with Gasteiger partial charge in [-0.15, -0.1) is 0 Å². The van der Waals surface area contributed by atoms with Gasteiger partial charge in [0.1, 0.15) is 5.75 Å². The normalized spacial score (nSPS) is 17.7. The van der Waals surface area contributed by atoms with E-state index in [9.17, 15) is 14.7 Å². The summed E-state index contributed by atoms with van der Waals surface area (Å²) < 4.78 is 5.04. The van der Waals surface area contributed by atoms with E-state index in [-0.39, 0.29) is 21.3 Å². The van der Waals surface area contributed by atoms with Crippen LogP contribution in [0, 0.1) is 0 Å². The molecule has 0 spiro atoms. The van der Waals surface area contributed by atoms with E-state index in [1.807, 2.05) is 13.8 Å². The zero-order valence-corrected chi connectivity index (χ0v) is 16.1. The van der Waals surface area contributed by atoms with Crippen LogP contribution in [0.5, 0.6) is 5.75 Å². The van der Waals surface area contributed by atoms with Crippen LogP contribution in [0.25, 0.3) is 0 Å². The summed E-state index contributed by atoms with van der Waals surface area (Å²) in [4.78, 5) is 24.8. The predicted molar refractivity (Wildman–Crippen MR) is 102 cm³/mol. The lowest BCUT2D eigenvalue weighted by molar-refractivity contribution is -0.133. The van der Waals surface area contributed by atoms with Crippen LogP contribution in [0.2, 0.25) is 10.0 Å². The molecule has 0 radical (unpaired) electrons. The van der Waals surface area contributed by atoms with E-state index >= 15 is 0 Å². The number of fused-ring (bicyclic) bond motifs is 1. The minimum atomic E-state index is -2.06. The third-order valence-electron chi connectivity index (χ3n) is 3.96. The van der Waals surface area contributed by atoms with Gasteiger partial charge >= 0.3 is 0 Å². The molecule has 2 aromatic rings. The van der Waals surface area contributed by atoms with Crippen molar-refractivity contribution in [1.82, 2.24) is 0 Å². The van der Waals surface area contributed by atoms with Crippen LogP contribution < -0.4 is 10.1 Å². The summed E-state index contributed by atoms with van der Waals surface area (Å²) in [5.74, 6) is -0.530. The van der Waals surface area contributed by atoms with E-state index in [1.54, 1.807) is 24.3 Å². The molecule has 5 nitrogen and oxygen atoms in total. The molecule has 7 heteroatoms. The van der Waals surface area contributed by atoms with Crippen molar-refractivity contribution in [3.63, 3.8) is 0 Å². The van der Waals surface area contributed by atoms with E-state index in [4.69, 9.17) is 27.9 Å². The Hall–Kier alpha value is -2.08. The molecule has 2 N–H and O–H groups in total. The second-order valence-corrected chi connectivity index (χ2v) is 6.24. The number of carbonyl (C=O) groups excluding carboxylic acids is 2. The maximum absolute atomic E-state index is 12.5. The molecule has 0 fully saturated rings. The zero-order chi connectivity index (χ0) is 19.5. The average molecular weight is 396 g/mol. The molecule has 2 aromatic carbocycles. The number of rotatable bonds is 4.